The van der Waals surface area contributed by atoms with Crippen molar-refractivity contribution < 1.29 is 9.59 Å². The molecule has 96 valence electrons. The van der Waals surface area contributed by atoms with Gasteiger partial charge in [0.1, 0.15) is 6.04 Å². The Hall–Kier alpha value is -1.06. The average molecular weight is 238 g/mol. The highest BCUT2D eigenvalue weighted by Crippen LogP contribution is 2.34. The molecule has 2 fully saturated rings. The van der Waals surface area contributed by atoms with E-state index >= 15 is 0 Å². The molecule has 0 spiro atoms. The van der Waals surface area contributed by atoms with Crippen LogP contribution in [0.1, 0.15) is 52.4 Å². The van der Waals surface area contributed by atoms with E-state index in [-0.39, 0.29) is 23.4 Å². The standard InChI is InChI=1S/C13H22N2O2/c1-10-12(17)15(9-6-11(16)14-10)13(2)7-4-3-5-8-13/h10H,3-9H2,1-2H3,(H,14,16). The molecule has 1 atom stereocenters. The molecule has 2 rings (SSSR count). The summed E-state index contributed by atoms with van der Waals surface area (Å²) >= 11 is 0. The molecule has 0 aromatic rings. The maximum atomic E-state index is 12.3. The van der Waals surface area contributed by atoms with Crippen molar-refractivity contribution in [2.45, 2.75) is 64.0 Å². The molecule has 0 aromatic carbocycles. The van der Waals surface area contributed by atoms with Gasteiger partial charge in [-0.05, 0) is 26.7 Å². The molecule has 2 amide bonds. The Bertz CT molecular complexity index is 321. The van der Waals surface area contributed by atoms with Crippen LogP contribution in [0.15, 0.2) is 0 Å². The molecular formula is C13H22N2O2. The summed E-state index contributed by atoms with van der Waals surface area (Å²) in [6.07, 6.45) is 6.22. The number of carbonyl (C=O) groups is 2. The molecular weight excluding hydrogens is 216 g/mol. The smallest absolute Gasteiger partial charge is 0.245 e. The van der Waals surface area contributed by atoms with Gasteiger partial charge in [-0.25, -0.2) is 0 Å². The van der Waals surface area contributed by atoms with Crippen molar-refractivity contribution in [2.24, 2.45) is 0 Å². The number of nitrogens with zero attached hydrogens (tertiary/aromatic N) is 1. The molecule has 0 radical (unpaired) electrons. The number of carbonyl (C=O) groups excluding carboxylic acids is 2. The summed E-state index contributed by atoms with van der Waals surface area (Å²) in [6, 6.07) is -0.372. The van der Waals surface area contributed by atoms with Gasteiger partial charge in [0.25, 0.3) is 0 Å². The first-order valence-corrected chi connectivity index (χ1v) is 6.64. The summed E-state index contributed by atoms with van der Waals surface area (Å²) in [4.78, 5) is 25.7. The van der Waals surface area contributed by atoms with Crippen LogP contribution in [0.3, 0.4) is 0 Å². The minimum Gasteiger partial charge on any atom is -0.345 e. The van der Waals surface area contributed by atoms with Gasteiger partial charge >= 0.3 is 0 Å². The third kappa shape index (κ3) is 2.45. The molecule has 1 saturated heterocycles. The summed E-state index contributed by atoms with van der Waals surface area (Å²) in [5.74, 6) is 0.0769. The predicted octanol–water partition coefficient (Wildman–Crippen LogP) is 1.45. The highest BCUT2D eigenvalue weighted by atomic mass is 16.2. The summed E-state index contributed by atoms with van der Waals surface area (Å²) < 4.78 is 0. The van der Waals surface area contributed by atoms with Crippen LogP contribution >= 0.6 is 0 Å². The summed E-state index contributed by atoms with van der Waals surface area (Å²) in [5.41, 5.74) is -0.0319. The molecule has 0 bridgehead atoms. The first-order valence-electron chi connectivity index (χ1n) is 6.64. The fourth-order valence-corrected chi connectivity index (χ4v) is 3.05. The lowest BCUT2D eigenvalue weighted by Gasteiger charge is -2.44. The van der Waals surface area contributed by atoms with Crippen molar-refractivity contribution in [3.63, 3.8) is 0 Å². The zero-order chi connectivity index (χ0) is 12.5. The van der Waals surface area contributed by atoms with Crippen molar-refractivity contribution in [1.29, 1.82) is 0 Å². The number of hydrogen-bond donors (Lipinski definition) is 1. The van der Waals surface area contributed by atoms with Gasteiger partial charge in [-0.15, -0.1) is 0 Å². The van der Waals surface area contributed by atoms with Crippen molar-refractivity contribution in [2.75, 3.05) is 6.54 Å². The maximum Gasteiger partial charge on any atom is 0.245 e. The van der Waals surface area contributed by atoms with Crippen LogP contribution < -0.4 is 5.32 Å². The highest BCUT2D eigenvalue weighted by molar-refractivity contribution is 5.90. The van der Waals surface area contributed by atoms with E-state index < -0.39 is 0 Å². The number of nitrogens with one attached hydrogen (secondary N) is 1. The van der Waals surface area contributed by atoms with Gasteiger partial charge in [0.2, 0.25) is 11.8 Å². The topological polar surface area (TPSA) is 49.4 Å². The second-order valence-electron chi connectivity index (χ2n) is 5.59. The maximum absolute atomic E-state index is 12.3. The molecule has 1 N–H and O–H groups in total. The third-order valence-electron chi connectivity index (χ3n) is 4.16. The van der Waals surface area contributed by atoms with E-state index in [9.17, 15) is 9.59 Å². The number of rotatable bonds is 1. The fraction of sp³-hybridized carbons (Fsp3) is 0.846. The molecule has 2 aliphatic rings. The first kappa shape index (κ1) is 12.4. The molecule has 1 aliphatic heterocycles. The minimum atomic E-state index is -0.372. The van der Waals surface area contributed by atoms with Gasteiger partial charge < -0.3 is 10.2 Å². The van der Waals surface area contributed by atoms with Crippen molar-refractivity contribution >= 4 is 11.8 Å². The van der Waals surface area contributed by atoms with Gasteiger partial charge in [0.15, 0.2) is 0 Å². The Labute approximate surface area is 103 Å². The van der Waals surface area contributed by atoms with Crippen molar-refractivity contribution in [1.82, 2.24) is 10.2 Å². The predicted molar refractivity (Wildman–Crippen MR) is 65.4 cm³/mol. The van der Waals surface area contributed by atoms with Gasteiger partial charge in [0.05, 0.1) is 0 Å². The monoisotopic (exact) mass is 238 g/mol. The number of hydrogen-bond acceptors (Lipinski definition) is 2. The summed E-state index contributed by atoms with van der Waals surface area (Å²) in [5, 5.41) is 2.75. The van der Waals surface area contributed by atoms with Gasteiger partial charge in [-0.3, -0.25) is 9.59 Å². The Morgan fingerprint density at radius 3 is 2.53 bits per heavy atom. The van der Waals surface area contributed by atoms with Crippen LogP contribution in [0.4, 0.5) is 0 Å². The SMILES string of the molecule is CC1NC(=O)CCN(C2(C)CCCCC2)C1=O. The highest BCUT2D eigenvalue weighted by Gasteiger charge is 2.39. The van der Waals surface area contributed by atoms with Crippen LogP contribution in [0.2, 0.25) is 0 Å². The summed E-state index contributed by atoms with van der Waals surface area (Å²) in [6.45, 7) is 4.53. The molecule has 4 nitrogen and oxygen atoms in total. The van der Waals surface area contributed by atoms with E-state index in [1.807, 2.05) is 4.90 Å². The van der Waals surface area contributed by atoms with Crippen LogP contribution in [-0.2, 0) is 9.59 Å². The molecule has 1 saturated carbocycles. The lowest BCUT2D eigenvalue weighted by atomic mass is 9.81. The summed E-state index contributed by atoms with van der Waals surface area (Å²) in [7, 11) is 0. The second kappa shape index (κ2) is 4.67. The molecule has 1 aliphatic carbocycles. The van der Waals surface area contributed by atoms with E-state index in [2.05, 4.69) is 12.2 Å². The molecule has 17 heavy (non-hydrogen) atoms. The fourth-order valence-electron chi connectivity index (χ4n) is 3.05. The van der Waals surface area contributed by atoms with Crippen LogP contribution in [0.25, 0.3) is 0 Å². The number of amides is 2. The average Bonchev–Trinajstić information content (AvgIpc) is 2.41. The van der Waals surface area contributed by atoms with E-state index in [1.54, 1.807) is 6.92 Å². The van der Waals surface area contributed by atoms with Gasteiger partial charge in [0, 0.05) is 18.5 Å². The zero-order valence-corrected chi connectivity index (χ0v) is 10.8. The normalized spacial score (nSPS) is 29.8. The minimum absolute atomic E-state index is 0.00670. The van der Waals surface area contributed by atoms with E-state index in [0.717, 1.165) is 12.8 Å². The van der Waals surface area contributed by atoms with Crippen molar-refractivity contribution in [3.8, 4) is 0 Å². The van der Waals surface area contributed by atoms with Crippen LogP contribution in [-0.4, -0.2) is 34.8 Å². The van der Waals surface area contributed by atoms with Crippen molar-refractivity contribution in [3.05, 3.63) is 0 Å². The Morgan fingerprint density at radius 1 is 1.24 bits per heavy atom. The van der Waals surface area contributed by atoms with Gasteiger partial charge in [-0.2, -0.15) is 0 Å². The van der Waals surface area contributed by atoms with E-state index in [0.29, 0.717) is 13.0 Å². The Balaban J connectivity index is 2.17. The van der Waals surface area contributed by atoms with Crippen LogP contribution in [0.5, 0.6) is 0 Å². The first-order chi connectivity index (χ1) is 8.03. The molecule has 1 unspecified atom stereocenters. The van der Waals surface area contributed by atoms with Gasteiger partial charge in [-0.1, -0.05) is 19.3 Å². The Morgan fingerprint density at radius 2 is 1.88 bits per heavy atom. The third-order valence-corrected chi connectivity index (χ3v) is 4.16. The lowest BCUT2D eigenvalue weighted by Crippen LogP contribution is -2.54. The largest absolute Gasteiger partial charge is 0.345 e. The lowest BCUT2D eigenvalue weighted by molar-refractivity contribution is -0.139. The van der Waals surface area contributed by atoms with E-state index in [1.165, 1.54) is 19.3 Å². The van der Waals surface area contributed by atoms with Crippen LogP contribution in [0, 0.1) is 0 Å². The Kier molecular flexibility index (Phi) is 3.40. The molecule has 4 heteroatoms. The molecule has 1 heterocycles. The second-order valence-corrected chi connectivity index (χ2v) is 5.59. The molecule has 0 aromatic heterocycles. The van der Waals surface area contributed by atoms with E-state index in [4.69, 9.17) is 0 Å². The quantitative estimate of drug-likeness (QED) is 0.751. The zero-order valence-electron chi connectivity index (χ0n) is 10.8.